The zero-order valence-electron chi connectivity index (χ0n) is 13.3. The molecule has 0 aliphatic carbocycles. The molecule has 1 saturated heterocycles. The molecule has 114 valence electrons. The fourth-order valence-electron chi connectivity index (χ4n) is 2.74. The number of hydrogen-bond donors (Lipinski definition) is 0. The lowest BCUT2D eigenvalue weighted by Crippen LogP contribution is -2.32. The molecular weight excluding hydrogens is 272 g/mol. The van der Waals surface area contributed by atoms with Gasteiger partial charge in [-0.05, 0) is 43.2 Å². The van der Waals surface area contributed by atoms with E-state index in [9.17, 15) is 0 Å². The molecule has 0 spiro atoms. The molecule has 4 nitrogen and oxygen atoms in total. The van der Waals surface area contributed by atoms with Crippen molar-refractivity contribution in [3.8, 4) is 0 Å². The summed E-state index contributed by atoms with van der Waals surface area (Å²) in [6, 6.07) is 14.7. The molecule has 1 aliphatic rings. The van der Waals surface area contributed by atoms with Crippen LogP contribution < -0.4 is 14.5 Å². The summed E-state index contributed by atoms with van der Waals surface area (Å²) in [5.74, 6) is 0. The maximum atomic E-state index is 4.53. The molecule has 0 bridgehead atoms. The van der Waals surface area contributed by atoms with Crippen LogP contribution in [0.2, 0.25) is 0 Å². The molecule has 0 amide bonds. The van der Waals surface area contributed by atoms with Gasteiger partial charge in [0.15, 0.2) is 6.20 Å². The summed E-state index contributed by atoms with van der Waals surface area (Å²) >= 11 is 0. The van der Waals surface area contributed by atoms with E-state index in [-0.39, 0.29) is 0 Å². The monoisotopic (exact) mass is 295 g/mol. The summed E-state index contributed by atoms with van der Waals surface area (Å²) in [5, 5.41) is 6.43. The first-order valence-corrected chi connectivity index (χ1v) is 7.81. The van der Waals surface area contributed by atoms with Gasteiger partial charge in [-0.1, -0.05) is 0 Å². The normalized spacial score (nSPS) is 14.7. The minimum absolute atomic E-state index is 1.07. The van der Waals surface area contributed by atoms with Crippen LogP contribution in [-0.2, 0) is 7.05 Å². The average Bonchev–Trinajstić information content (AvgIpc) is 3.08. The van der Waals surface area contributed by atoms with Crippen molar-refractivity contribution in [2.24, 2.45) is 12.1 Å². The first-order valence-electron chi connectivity index (χ1n) is 7.81. The molecule has 4 heteroatoms. The summed E-state index contributed by atoms with van der Waals surface area (Å²) in [5.41, 5.74) is 3.48. The third-order valence-electron chi connectivity index (χ3n) is 4.15. The third-order valence-corrected chi connectivity index (χ3v) is 4.15. The molecule has 0 radical (unpaired) electrons. The molecular formula is C18H23N4+. The van der Waals surface area contributed by atoms with Gasteiger partial charge in [-0.15, -0.1) is 0 Å². The number of anilines is 2. The second-order valence-corrected chi connectivity index (χ2v) is 5.72. The zero-order valence-corrected chi connectivity index (χ0v) is 13.3. The Labute approximate surface area is 132 Å². The lowest BCUT2D eigenvalue weighted by molar-refractivity contribution is -0.672. The van der Waals surface area contributed by atoms with E-state index in [1.54, 1.807) is 0 Å². The number of benzene rings is 1. The lowest BCUT2D eigenvalue weighted by Gasteiger charge is -2.19. The number of rotatable bonds is 4. The van der Waals surface area contributed by atoms with Gasteiger partial charge in [0.25, 0.3) is 0 Å². The molecule has 1 aromatic carbocycles. The molecule has 1 aromatic heterocycles. The van der Waals surface area contributed by atoms with Gasteiger partial charge >= 0.3 is 0 Å². The Morgan fingerprint density at radius 1 is 1.09 bits per heavy atom. The number of nitrogens with zero attached hydrogens (tertiary/aromatic N) is 4. The summed E-state index contributed by atoms with van der Waals surface area (Å²) in [4.78, 5) is 2.44. The summed E-state index contributed by atoms with van der Waals surface area (Å²) in [6.07, 6.45) is 6.51. The standard InChI is InChI=1S/C18H23N4/c1-20-12-4-3-7-18(20)15-19-21(2)16-8-10-17(11-9-16)22-13-5-6-14-22/h3-4,7-12,15H,5-6,13-14H2,1-2H3/q+1. The Morgan fingerprint density at radius 2 is 1.82 bits per heavy atom. The van der Waals surface area contributed by atoms with Crippen LogP contribution in [0.4, 0.5) is 11.4 Å². The van der Waals surface area contributed by atoms with Crippen LogP contribution in [0.5, 0.6) is 0 Å². The van der Waals surface area contributed by atoms with Crippen molar-refractivity contribution < 1.29 is 4.57 Å². The average molecular weight is 295 g/mol. The molecule has 0 atom stereocenters. The van der Waals surface area contributed by atoms with Crippen LogP contribution in [0.1, 0.15) is 18.5 Å². The summed E-state index contributed by atoms with van der Waals surface area (Å²) < 4.78 is 2.05. The van der Waals surface area contributed by atoms with Crippen LogP contribution in [-0.4, -0.2) is 26.4 Å². The van der Waals surface area contributed by atoms with E-state index in [0.717, 1.165) is 11.4 Å². The van der Waals surface area contributed by atoms with Crippen LogP contribution in [0.25, 0.3) is 0 Å². The van der Waals surface area contributed by atoms with E-state index in [2.05, 4.69) is 34.3 Å². The van der Waals surface area contributed by atoms with E-state index in [1.807, 2.05) is 54.3 Å². The third kappa shape index (κ3) is 3.27. The van der Waals surface area contributed by atoms with Gasteiger partial charge in [0.2, 0.25) is 5.69 Å². The van der Waals surface area contributed by atoms with Crippen LogP contribution in [0.3, 0.4) is 0 Å². The lowest BCUT2D eigenvalue weighted by atomic mass is 10.2. The molecule has 1 aliphatic heterocycles. The van der Waals surface area contributed by atoms with Gasteiger partial charge in [-0.25, -0.2) is 4.57 Å². The predicted molar refractivity (Wildman–Crippen MR) is 91.5 cm³/mol. The zero-order chi connectivity index (χ0) is 15.4. The van der Waals surface area contributed by atoms with Gasteiger partial charge in [-0.3, -0.25) is 5.01 Å². The maximum Gasteiger partial charge on any atom is 0.225 e. The summed E-state index contributed by atoms with van der Waals surface area (Å²) in [7, 11) is 4.00. The topological polar surface area (TPSA) is 22.7 Å². The number of pyridine rings is 1. The Kier molecular flexibility index (Phi) is 4.37. The van der Waals surface area contributed by atoms with Crippen molar-refractivity contribution in [2.45, 2.75) is 12.8 Å². The molecule has 2 heterocycles. The molecule has 1 fully saturated rings. The van der Waals surface area contributed by atoms with Gasteiger partial charge in [0.05, 0.1) is 5.69 Å². The number of aromatic nitrogens is 1. The number of aryl methyl sites for hydroxylation is 1. The van der Waals surface area contributed by atoms with Crippen molar-refractivity contribution in [3.05, 3.63) is 54.4 Å². The maximum absolute atomic E-state index is 4.53. The van der Waals surface area contributed by atoms with Gasteiger partial charge in [0, 0.05) is 38.0 Å². The van der Waals surface area contributed by atoms with E-state index >= 15 is 0 Å². The largest absolute Gasteiger partial charge is 0.372 e. The van der Waals surface area contributed by atoms with Gasteiger partial charge in [-0.2, -0.15) is 5.10 Å². The van der Waals surface area contributed by atoms with Crippen LogP contribution in [0.15, 0.2) is 53.8 Å². The number of hydrogen-bond acceptors (Lipinski definition) is 3. The Balaban J connectivity index is 1.69. The van der Waals surface area contributed by atoms with Crippen molar-refractivity contribution >= 4 is 17.6 Å². The number of hydrazone groups is 1. The van der Waals surface area contributed by atoms with Gasteiger partial charge < -0.3 is 4.90 Å². The highest BCUT2D eigenvalue weighted by atomic mass is 15.4. The van der Waals surface area contributed by atoms with E-state index < -0.39 is 0 Å². The second kappa shape index (κ2) is 6.60. The Bertz CT molecular complexity index is 642. The van der Waals surface area contributed by atoms with Crippen molar-refractivity contribution in [1.82, 2.24) is 0 Å². The highest BCUT2D eigenvalue weighted by Gasteiger charge is 2.12. The highest BCUT2D eigenvalue weighted by molar-refractivity contribution is 5.76. The van der Waals surface area contributed by atoms with Gasteiger partial charge in [0.1, 0.15) is 13.3 Å². The molecule has 2 aromatic rings. The fraction of sp³-hybridized carbons (Fsp3) is 0.333. The minimum atomic E-state index is 1.07. The first kappa shape index (κ1) is 14.6. The molecule has 3 rings (SSSR count). The fourth-order valence-corrected chi connectivity index (χ4v) is 2.74. The van der Waals surface area contributed by atoms with Crippen molar-refractivity contribution in [1.29, 1.82) is 0 Å². The van der Waals surface area contributed by atoms with Crippen molar-refractivity contribution in [2.75, 3.05) is 30.0 Å². The highest BCUT2D eigenvalue weighted by Crippen LogP contribution is 2.23. The quantitative estimate of drug-likeness (QED) is 0.491. The SMILES string of the molecule is CN(/N=C/c1cccc[n+]1C)c1ccc(N2CCCC2)cc1. The predicted octanol–water partition coefficient (Wildman–Crippen LogP) is 2.58. The summed E-state index contributed by atoms with van der Waals surface area (Å²) in [6.45, 7) is 2.36. The Hall–Kier alpha value is -2.36. The molecule has 0 unspecified atom stereocenters. The molecule has 0 saturated carbocycles. The second-order valence-electron chi connectivity index (χ2n) is 5.72. The van der Waals surface area contributed by atoms with Crippen LogP contribution >= 0.6 is 0 Å². The molecule has 22 heavy (non-hydrogen) atoms. The van der Waals surface area contributed by atoms with E-state index in [4.69, 9.17) is 0 Å². The van der Waals surface area contributed by atoms with Crippen molar-refractivity contribution in [3.63, 3.8) is 0 Å². The van der Waals surface area contributed by atoms with E-state index in [0.29, 0.717) is 0 Å². The smallest absolute Gasteiger partial charge is 0.225 e. The first-order chi connectivity index (χ1) is 10.7. The van der Waals surface area contributed by atoms with E-state index in [1.165, 1.54) is 31.6 Å². The van der Waals surface area contributed by atoms with Crippen LogP contribution in [0, 0.1) is 0 Å². The Morgan fingerprint density at radius 3 is 2.50 bits per heavy atom. The molecule has 0 N–H and O–H groups in total. The minimum Gasteiger partial charge on any atom is -0.372 e.